The van der Waals surface area contributed by atoms with Gasteiger partial charge in [-0.25, -0.2) is 8.42 Å². The Morgan fingerprint density at radius 1 is 1.10 bits per heavy atom. The van der Waals surface area contributed by atoms with E-state index in [9.17, 15) is 8.42 Å². The Kier molecular flexibility index (Phi) is 3.26. The molecule has 21 heavy (non-hydrogen) atoms. The van der Waals surface area contributed by atoms with Gasteiger partial charge in [0.15, 0.2) is 0 Å². The zero-order valence-corrected chi connectivity index (χ0v) is 13.1. The lowest BCUT2D eigenvalue weighted by molar-refractivity contribution is 0.592. The molecule has 5 heteroatoms. The summed E-state index contributed by atoms with van der Waals surface area (Å²) >= 11 is 0. The van der Waals surface area contributed by atoms with Gasteiger partial charge < -0.3 is 5.32 Å². The van der Waals surface area contributed by atoms with Gasteiger partial charge in [0.2, 0.25) is 0 Å². The summed E-state index contributed by atoms with van der Waals surface area (Å²) < 4.78 is 27.2. The van der Waals surface area contributed by atoms with Crippen molar-refractivity contribution in [3.8, 4) is 0 Å². The van der Waals surface area contributed by atoms with Crippen LogP contribution in [-0.2, 0) is 10.0 Å². The van der Waals surface area contributed by atoms with Crippen LogP contribution in [0.25, 0.3) is 0 Å². The van der Waals surface area contributed by atoms with E-state index in [1.165, 1.54) is 4.31 Å². The number of hydrogen-bond donors (Lipinski definition) is 1. The van der Waals surface area contributed by atoms with Gasteiger partial charge in [0.25, 0.3) is 10.0 Å². The Bertz CT molecular complexity index is 800. The van der Waals surface area contributed by atoms with E-state index in [1.54, 1.807) is 13.1 Å². The summed E-state index contributed by atoms with van der Waals surface area (Å²) in [4.78, 5) is 0.376. The Morgan fingerprint density at radius 2 is 1.81 bits per heavy atom. The number of aryl methyl sites for hydroxylation is 1. The monoisotopic (exact) mass is 302 g/mol. The molecule has 4 nitrogen and oxygen atoms in total. The van der Waals surface area contributed by atoms with Crippen LogP contribution < -0.4 is 9.62 Å². The number of nitrogens with zero attached hydrogens (tertiary/aromatic N) is 1. The van der Waals surface area contributed by atoms with Gasteiger partial charge in [-0.2, -0.15) is 0 Å². The fourth-order valence-corrected chi connectivity index (χ4v) is 4.42. The van der Waals surface area contributed by atoms with Gasteiger partial charge in [0.05, 0.1) is 16.6 Å². The molecule has 3 rings (SSSR count). The maximum absolute atomic E-state index is 12.9. The lowest BCUT2D eigenvalue weighted by atomic mass is 9.96. The summed E-state index contributed by atoms with van der Waals surface area (Å²) in [6.45, 7) is 1.90. The number of para-hydroxylation sites is 1. The summed E-state index contributed by atoms with van der Waals surface area (Å²) in [6.07, 6.45) is 0. The molecule has 1 unspecified atom stereocenters. The van der Waals surface area contributed by atoms with E-state index >= 15 is 0 Å². The third-order valence-electron chi connectivity index (χ3n) is 3.99. The zero-order chi connectivity index (χ0) is 15.2. The molecule has 1 aliphatic rings. The van der Waals surface area contributed by atoms with Gasteiger partial charge in [-0.1, -0.05) is 30.3 Å². The number of benzene rings is 2. The third-order valence-corrected chi connectivity index (χ3v) is 5.82. The van der Waals surface area contributed by atoms with Gasteiger partial charge in [-0.3, -0.25) is 4.31 Å². The van der Waals surface area contributed by atoms with Gasteiger partial charge in [0, 0.05) is 7.05 Å². The summed E-state index contributed by atoms with van der Waals surface area (Å²) in [5.74, 6) is 0. The topological polar surface area (TPSA) is 49.4 Å². The molecule has 2 aromatic carbocycles. The van der Waals surface area contributed by atoms with Crippen LogP contribution >= 0.6 is 0 Å². The quantitative estimate of drug-likeness (QED) is 0.880. The Morgan fingerprint density at radius 3 is 2.52 bits per heavy atom. The maximum atomic E-state index is 12.9. The van der Waals surface area contributed by atoms with E-state index < -0.39 is 10.0 Å². The Labute approximate surface area is 125 Å². The van der Waals surface area contributed by atoms with Crippen molar-refractivity contribution in [2.24, 2.45) is 0 Å². The standard InChI is InChI=1S/C16H18N2O2S/c1-11-8-9-13-15(10-11)21(19,20)18(3)14-7-5-4-6-12(14)16(13)17-2/h4-10,16-17H,1-3H3. The van der Waals surface area contributed by atoms with E-state index in [4.69, 9.17) is 0 Å². The molecule has 1 N–H and O–H groups in total. The number of nitrogens with one attached hydrogen (secondary N) is 1. The predicted octanol–water partition coefficient (Wildman–Crippen LogP) is 2.44. The second kappa shape index (κ2) is 4.86. The molecule has 0 spiro atoms. The molecule has 0 aliphatic carbocycles. The first-order valence-electron chi connectivity index (χ1n) is 6.82. The zero-order valence-electron chi connectivity index (χ0n) is 12.3. The van der Waals surface area contributed by atoms with Crippen LogP contribution in [0.3, 0.4) is 0 Å². The minimum atomic E-state index is -3.54. The lowest BCUT2D eigenvalue weighted by Gasteiger charge is -2.20. The van der Waals surface area contributed by atoms with Crippen molar-refractivity contribution in [3.63, 3.8) is 0 Å². The number of rotatable bonds is 1. The second-order valence-electron chi connectivity index (χ2n) is 5.29. The van der Waals surface area contributed by atoms with Crippen molar-refractivity contribution < 1.29 is 8.42 Å². The number of anilines is 1. The first-order valence-corrected chi connectivity index (χ1v) is 8.26. The molecule has 2 aromatic rings. The van der Waals surface area contributed by atoms with Gasteiger partial charge in [-0.15, -0.1) is 0 Å². The summed E-state index contributed by atoms with van der Waals surface area (Å²) in [5.41, 5.74) is 3.41. The molecule has 0 aromatic heterocycles. The molecule has 1 atom stereocenters. The highest BCUT2D eigenvalue weighted by Gasteiger charge is 2.34. The van der Waals surface area contributed by atoms with Crippen LogP contribution in [0.2, 0.25) is 0 Å². The molecule has 1 heterocycles. The van der Waals surface area contributed by atoms with Crippen LogP contribution in [0.5, 0.6) is 0 Å². The fourth-order valence-electron chi connectivity index (χ4n) is 2.88. The molecule has 0 radical (unpaired) electrons. The molecular weight excluding hydrogens is 284 g/mol. The smallest absolute Gasteiger partial charge is 0.264 e. The van der Waals surface area contributed by atoms with Crippen LogP contribution in [-0.4, -0.2) is 22.5 Å². The fraction of sp³-hybridized carbons (Fsp3) is 0.250. The number of fused-ring (bicyclic) bond motifs is 2. The molecule has 110 valence electrons. The van der Waals surface area contributed by atoms with Crippen molar-refractivity contribution in [1.29, 1.82) is 0 Å². The Hall–Kier alpha value is -1.85. The van der Waals surface area contributed by atoms with Crippen molar-refractivity contribution >= 4 is 15.7 Å². The maximum Gasteiger partial charge on any atom is 0.264 e. The minimum absolute atomic E-state index is 0.142. The lowest BCUT2D eigenvalue weighted by Crippen LogP contribution is -2.26. The molecule has 1 aliphatic heterocycles. The van der Waals surface area contributed by atoms with Crippen molar-refractivity contribution in [1.82, 2.24) is 5.32 Å². The molecule has 0 fully saturated rings. The van der Waals surface area contributed by atoms with E-state index in [1.807, 2.05) is 50.4 Å². The number of hydrogen-bond acceptors (Lipinski definition) is 3. The van der Waals surface area contributed by atoms with Crippen LogP contribution in [0.1, 0.15) is 22.7 Å². The second-order valence-corrected chi connectivity index (χ2v) is 7.23. The first kappa shape index (κ1) is 14.1. The van der Waals surface area contributed by atoms with E-state index in [2.05, 4.69) is 5.32 Å². The van der Waals surface area contributed by atoms with Crippen molar-refractivity contribution in [2.45, 2.75) is 17.9 Å². The summed E-state index contributed by atoms with van der Waals surface area (Å²) in [7, 11) is -0.0831. The van der Waals surface area contributed by atoms with Gasteiger partial charge >= 0.3 is 0 Å². The van der Waals surface area contributed by atoms with Gasteiger partial charge in [0.1, 0.15) is 0 Å². The van der Waals surface area contributed by atoms with Crippen LogP contribution in [0.4, 0.5) is 5.69 Å². The summed E-state index contributed by atoms with van der Waals surface area (Å²) in [6, 6.07) is 13.1. The average molecular weight is 302 g/mol. The molecule has 0 amide bonds. The third kappa shape index (κ3) is 2.04. The first-order chi connectivity index (χ1) is 9.96. The largest absolute Gasteiger partial charge is 0.309 e. The van der Waals surface area contributed by atoms with E-state index in [0.29, 0.717) is 10.6 Å². The highest BCUT2D eigenvalue weighted by molar-refractivity contribution is 7.92. The van der Waals surface area contributed by atoms with E-state index in [-0.39, 0.29) is 6.04 Å². The highest BCUT2D eigenvalue weighted by atomic mass is 32.2. The van der Waals surface area contributed by atoms with Crippen molar-refractivity contribution in [2.75, 3.05) is 18.4 Å². The predicted molar refractivity (Wildman–Crippen MR) is 84.1 cm³/mol. The van der Waals surface area contributed by atoms with Crippen molar-refractivity contribution in [3.05, 3.63) is 59.2 Å². The highest BCUT2D eigenvalue weighted by Crippen LogP contribution is 2.39. The molecule has 0 saturated carbocycles. The SMILES string of the molecule is CNC1c2ccccc2N(C)S(=O)(=O)c2cc(C)ccc21. The van der Waals surface area contributed by atoms with Gasteiger partial charge in [-0.05, 0) is 42.8 Å². The average Bonchev–Trinajstić information content (AvgIpc) is 2.54. The normalized spacial score (nSPS) is 19.6. The minimum Gasteiger partial charge on any atom is -0.309 e. The molecular formula is C16H18N2O2S. The van der Waals surface area contributed by atoms with Crippen LogP contribution in [0, 0.1) is 6.92 Å². The van der Waals surface area contributed by atoms with Crippen LogP contribution in [0.15, 0.2) is 47.4 Å². The molecule has 0 saturated heterocycles. The number of sulfonamides is 1. The molecule has 0 bridgehead atoms. The van der Waals surface area contributed by atoms with E-state index in [0.717, 1.165) is 16.7 Å². The Balaban J connectivity index is 2.41. The summed E-state index contributed by atoms with van der Waals surface area (Å²) in [5, 5.41) is 3.24.